The van der Waals surface area contributed by atoms with E-state index in [0.29, 0.717) is 0 Å². The first kappa shape index (κ1) is 9.92. The molecule has 0 atom stereocenters. The highest BCUT2D eigenvalue weighted by atomic mass is 32.1. The lowest BCUT2D eigenvalue weighted by Crippen LogP contribution is -1.91. The Morgan fingerprint density at radius 2 is 2.40 bits per heavy atom. The summed E-state index contributed by atoms with van der Waals surface area (Å²) in [7, 11) is 0. The summed E-state index contributed by atoms with van der Waals surface area (Å²) >= 11 is 1.50. The van der Waals surface area contributed by atoms with Crippen molar-refractivity contribution in [1.29, 1.82) is 0 Å². The van der Waals surface area contributed by atoms with Gasteiger partial charge in [-0.25, -0.2) is 4.98 Å². The molecule has 1 N–H and O–H groups in total. The lowest BCUT2D eigenvalue weighted by atomic mass is 10.4. The molecule has 0 saturated heterocycles. The zero-order valence-electron chi connectivity index (χ0n) is 8.52. The predicted molar refractivity (Wildman–Crippen MR) is 62.2 cm³/mol. The molecule has 0 saturated carbocycles. The molecule has 4 nitrogen and oxygen atoms in total. The predicted octanol–water partition coefficient (Wildman–Crippen LogP) is 3.21. The largest absolute Gasteiger partial charge is 0.463 e. The van der Waals surface area contributed by atoms with Crippen LogP contribution < -0.4 is 5.43 Å². The fraction of sp³-hybridized carbons (Fsp3) is 0.200. The first-order chi connectivity index (χ1) is 7.25. The third-order valence-corrected chi connectivity index (χ3v) is 2.40. The highest BCUT2D eigenvalue weighted by molar-refractivity contribution is 7.14. The van der Waals surface area contributed by atoms with Gasteiger partial charge in [-0.2, -0.15) is 5.10 Å². The van der Waals surface area contributed by atoms with Gasteiger partial charge >= 0.3 is 0 Å². The molecule has 15 heavy (non-hydrogen) atoms. The van der Waals surface area contributed by atoms with Crippen LogP contribution in [0.4, 0.5) is 5.13 Å². The average molecular weight is 221 g/mol. The van der Waals surface area contributed by atoms with Crippen LogP contribution in [-0.4, -0.2) is 10.7 Å². The van der Waals surface area contributed by atoms with Gasteiger partial charge in [0, 0.05) is 11.1 Å². The van der Waals surface area contributed by atoms with Gasteiger partial charge in [0.25, 0.3) is 0 Å². The minimum atomic E-state index is 0.766. The second-order valence-corrected chi connectivity index (χ2v) is 4.04. The molecule has 2 heterocycles. The summed E-state index contributed by atoms with van der Waals surface area (Å²) in [4.78, 5) is 4.33. The van der Waals surface area contributed by atoms with E-state index in [4.69, 9.17) is 4.42 Å². The summed E-state index contributed by atoms with van der Waals surface area (Å²) in [6.07, 6.45) is 1.64. The maximum absolute atomic E-state index is 5.24. The van der Waals surface area contributed by atoms with E-state index >= 15 is 0 Å². The summed E-state index contributed by atoms with van der Waals surface area (Å²) in [5.41, 5.74) is 4.67. The van der Waals surface area contributed by atoms with E-state index in [0.717, 1.165) is 22.3 Å². The molecule has 0 aliphatic carbocycles. The number of thiazole rings is 1. The monoisotopic (exact) mass is 221 g/mol. The van der Waals surface area contributed by atoms with Gasteiger partial charge in [0.05, 0.1) is 6.26 Å². The molecule has 2 aromatic heterocycles. The molecule has 78 valence electrons. The summed E-state index contributed by atoms with van der Waals surface area (Å²) < 4.78 is 5.24. The maximum atomic E-state index is 5.24. The molecule has 2 rings (SSSR count). The number of hydrogen-bond acceptors (Lipinski definition) is 5. The number of nitrogens with one attached hydrogen (secondary N) is 1. The van der Waals surface area contributed by atoms with Gasteiger partial charge in [0.15, 0.2) is 5.76 Å². The van der Waals surface area contributed by atoms with Crippen LogP contribution in [0.1, 0.15) is 13.8 Å². The minimum Gasteiger partial charge on any atom is -0.463 e. The molecule has 0 amide bonds. The molecule has 0 aliphatic rings. The number of nitrogens with zero attached hydrogens (tertiary/aromatic N) is 2. The van der Waals surface area contributed by atoms with Gasteiger partial charge in [-0.05, 0) is 26.0 Å². The zero-order chi connectivity index (χ0) is 10.7. The van der Waals surface area contributed by atoms with Gasteiger partial charge in [-0.15, -0.1) is 11.3 Å². The fourth-order valence-electron chi connectivity index (χ4n) is 1.02. The second kappa shape index (κ2) is 4.27. The van der Waals surface area contributed by atoms with Gasteiger partial charge in [-0.1, -0.05) is 0 Å². The Balaban J connectivity index is 2.14. The van der Waals surface area contributed by atoms with E-state index in [1.807, 2.05) is 31.4 Å². The summed E-state index contributed by atoms with van der Waals surface area (Å²) in [6.45, 7) is 3.85. The van der Waals surface area contributed by atoms with Crippen molar-refractivity contribution in [2.45, 2.75) is 13.8 Å². The average Bonchev–Trinajstić information content (AvgIpc) is 2.85. The van der Waals surface area contributed by atoms with Crippen LogP contribution in [0.5, 0.6) is 0 Å². The van der Waals surface area contributed by atoms with Crippen molar-refractivity contribution in [3.8, 4) is 11.5 Å². The van der Waals surface area contributed by atoms with Crippen molar-refractivity contribution in [2.75, 3.05) is 5.43 Å². The van der Waals surface area contributed by atoms with Crippen LogP contribution >= 0.6 is 11.3 Å². The van der Waals surface area contributed by atoms with Crippen molar-refractivity contribution < 1.29 is 4.42 Å². The Labute approximate surface area is 91.7 Å². The van der Waals surface area contributed by atoms with Crippen LogP contribution in [0.25, 0.3) is 11.5 Å². The molecular weight excluding hydrogens is 210 g/mol. The van der Waals surface area contributed by atoms with E-state index in [1.165, 1.54) is 11.3 Å². The number of hydrazone groups is 1. The fourth-order valence-corrected chi connectivity index (χ4v) is 1.66. The van der Waals surface area contributed by atoms with Gasteiger partial charge in [0.2, 0.25) is 5.13 Å². The maximum Gasteiger partial charge on any atom is 0.203 e. The highest BCUT2D eigenvalue weighted by Crippen LogP contribution is 2.24. The molecule has 0 spiro atoms. The molecule has 0 fully saturated rings. The summed E-state index contributed by atoms with van der Waals surface area (Å²) in [5.74, 6) is 0.775. The molecule has 2 aromatic rings. The van der Waals surface area contributed by atoms with Crippen LogP contribution in [0.2, 0.25) is 0 Å². The van der Waals surface area contributed by atoms with Gasteiger partial charge in [-0.3, -0.25) is 5.43 Å². The summed E-state index contributed by atoms with van der Waals surface area (Å²) in [5, 5.41) is 6.77. The Morgan fingerprint density at radius 3 is 3.07 bits per heavy atom. The SMILES string of the molecule is CC(C)=NNc1nc(-c2ccco2)cs1. The van der Waals surface area contributed by atoms with Crippen LogP contribution in [-0.2, 0) is 0 Å². The molecule has 0 bridgehead atoms. The lowest BCUT2D eigenvalue weighted by Gasteiger charge is -1.93. The van der Waals surface area contributed by atoms with Crippen LogP contribution in [0.3, 0.4) is 0 Å². The number of furan rings is 1. The minimum absolute atomic E-state index is 0.766. The van der Waals surface area contributed by atoms with Crippen LogP contribution in [0, 0.1) is 0 Å². The molecule has 0 aliphatic heterocycles. The Bertz CT molecular complexity index is 455. The summed E-state index contributed by atoms with van der Waals surface area (Å²) in [6, 6.07) is 3.73. The van der Waals surface area contributed by atoms with E-state index in [1.54, 1.807) is 6.26 Å². The Morgan fingerprint density at radius 1 is 1.53 bits per heavy atom. The molecular formula is C10H11N3OS. The van der Waals surface area contributed by atoms with Gasteiger partial charge < -0.3 is 4.42 Å². The number of hydrogen-bond donors (Lipinski definition) is 1. The quantitative estimate of drug-likeness (QED) is 0.639. The van der Waals surface area contributed by atoms with E-state index in [-0.39, 0.29) is 0 Å². The topological polar surface area (TPSA) is 50.4 Å². The van der Waals surface area contributed by atoms with Crippen LogP contribution in [0.15, 0.2) is 33.3 Å². The highest BCUT2D eigenvalue weighted by Gasteiger charge is 2.05. The number of rotatable bonds is 3. The third-order valence-electron chi connectivity index (χ3n) is 1.65. The van der Waals surface area contributed by atoms with Crippen molar-refractivity contribution in [1.82, 2.24) is 4.98 Å². The normalized spacial score (nSPS) is 10.0. The standard InChI is InChI=1S/C10H11N3OS/c1-7(2)12-13-10-11-8(6-15-10)9-4-3-5-14-9/h3-6H,1-2H3,(H,11,13). The first-order valence-electron chi connectivity index (χ1n) is 4.52. The first-order valence-corrected chi connectivity index (χ1v) is 5.40. The number of aromatic nitrogens is 1. The molecule has 0 unspecified atom stereocenters. The van der Waals surface area contributed by atoms with Crippen molar-refractivity contribution >= 4 is 22.2 Å². The zero-order valence-corrected chi connectivity index (χ0v) is 9.34. The number of anilines is 1. The van der Waals surface area contributed by atoms with E-state index in [2.05, 4.69) is 15.5 Å². The molecule has 0 aromatic carbocycles. The molecule has 0 radical (unpaired) electrons. The van der Waals surface area contributed by atoms with Crippen molar-refractivity contribution in [3.05, 3.63) is 23.8 Å². The lowest BCUT2D eigenvalue weighted by molar-refractivity contribution is 0.580. The van der Waals surface area contributed by atoms with Gasteiger partial charge in [0.1, 0.15) is 5.69 Å². The van der Waals surface area contributed by atoms with Crippen molar-refractivity contribution in [2.24, 2.45) is 5.10 Å². The Kier molecular flexibility index (Phi) is 2.82. The molecule has 5 heteroatoms. The second-order valence-electron chi connectivity index (χ2n) is 3.19. The van der Waals surface area contributed by atoms with Crippen molar-refractivity contribution in [3.63, 3.8) is 0 Å². The Hall–Kier alpha value is -1.62. The van der Waals surface area contributed by atoms with E-state index < -0.39 is 0 Å². The smallest absolute Gasteiger partial charge is 0.203 e. The third kappa shape index (κ3) is 2.44. The van der Waals surface area contributed by atoms with E-state index in [9.17, 15) is 0 Å².